The summed E-state index contributed by atoms with van der Waals surface area (Å²) in [5.74, 6) is -1.15. The highest BCUT2D eigenvalue weighted by Crippen LogP contribution is 2.38. The summed E-state index contributed by atoms with van der Waals surface area (Å²) in [4.78, 5) is 26.6. The Morgan fingerprint density at radius 3 is 2.50 bits per heavy atom. The van der Waals surface area contributed by atoms with Gasteiger partial charge in [0.25, 0.3) is 0 Å². The Morgan fingerprint density at radius 2 is 2.00 bits per heavy atom. The van der Waals surface area contributed by atoms with Gasteiger partial charge in [-0.05, 0) is 6.92 Å². The first kappa shape index (κ1) is 12.5. The monoisotopic (exact) mass is 251 g/mol. The lowest BCUT2D eigenvalue weighted by Gasteiger charge is -2.38. The average molecular weight is 251 g/mol. The van der Waals surface area contributed by atoms with Gasteiger partial charge in [0.05, 0.1) is 5.69 Å². The van der Waals surface area contributed by atoms with Crippen LogP contribution >= 0.6 is 0 Å². The van der Waals surface area contributed by atoms with Gasteiger partial charge in [0.2, 0.25) is 5.91 Å². The van der Waals surface area contributed by atoms with Gasteiger partial charge >= 0.3 is 5.97 Å². The van der Waals surface area contributed by atoms with Crippen LogP contribution in [0.15, 0.2) is 6.20 Å². The number of aromatic nitrogens is 1. The Balaban J connectivity index is 2.68. The summed E-state index contributed by atoms with van der Waals surface area (Å²) < 4.78 is 1.55. The second-order valence-corrected chi connectivity index (χ2v) is 4.72. The molecule has 1 atom stereocenters. The Kier molecular flexibility index (Phi) is 2.80. The van der Waals surface area contributed by atoms with Crippen LogP contribution < -0.4 is 9.80 Å². The van der Waals surface area contributed by atoms with E-state index in [1.54, 1.807) is 22.7 Å². The Bertz CT molecular complexity index is 521. The minimum absolute atomic E-state index is 0.134. The van der Waals surface area contributed by atoms with Gasteiger partial charge in [0.15, 0.2) is 5.69 Å². The summed E-state index contributed by atoms with van der Waals surface area (Å²) in [6.07, 6.45) is 1.75. The number of hydrogen-bond acceptors (Lipinski definition) is 3. The molecule has 0 bridgehead atoms. The maximum Gasteiger partial charge on any atom is 0.354 e. The lowest BCUT2D eigenvalue weighted by atomic mass is 10.1. The molecular weight excluding hydrogens is 234 g/mol. The topological polar surface area (TPSA) is 65.8 Å². The molecule has 0 saturated carbocycles. The zero-order valence-electron chi connectivity index (χ0n) is 11.0. The number of hydrogen-bond donors (Lipinski definition) is 1. The van der Waals surface area contributed by atoms with Crippen molar-refractivity contribution in [2.45, 2.75) is 19.9 Å². The molecule has 1 aromatic rings. The van der Waals surface area contributed by atoms with Crippen molar-refractivity contribution < 1.29 is 14.7 Å². The molecule has 1 aliphatic rings. The number of amides is 1. The normalized spacial score (nSPS) is 18.8. The number of aromatic carboxylic acids is 1. The average Bonchev–Trinajstić information content (AvgIpc) is 2.60. The lowest BCUT2D eigenvalue weighted by Crippen LogP contribution is -2.47. The summed E-state index contributed by atoms with van der Waals surface area (Å²) in [6, 6.07) is 0.158. The molecule has 0 radical (unpaired) electrons. The first-order chi connectivity index (χ1) is 8.34. The van der Waals surface area contributed by atoms with E-state index in [1.807, 2.05) is 18.9 Å². The number of carbonyl (C=O) groups is 2. The summed E-state index contributed by atoms with van der Waals surface area (Å²) in [5.41, 5.74) is 1.43. The third-order valence-electron chi connectivity index (χ3n) is 3.48. The van der Waals surface area contributed by atoms with E-state index in [9.17, 15) is 14.7 Å². The van der Waals surface area contributed by atoms with Gasteiger partial charge in [-0.1, -0.05) is 0 Å². The van der Waals surface area contributed by atoms with Crippen LogP contribution in [0.1, 0.15) is 24.3 Å². The number of fused-ring (bicyclic) bond motifs is 1. The number of carboxylic acid groups (broad SMARTS) is 1. The largest absolute Gasteiger partial charge is 0.477 e. The molecule has 6 nitrogen and oxygen atoms in total. The molecule has 1 unspecified atom stereocenters. The minimum Gasteiger partial charge on any atom is -0.477 e. The highest BCUT2D eigenvalue weighted by Gasteiger charge is 2.34. The molecule has 1 amide bonds. The minimum atomic E-state index is -1.02. The third-order valence-corrected chi connectivity index (χ3v) is 3.48. The van der Waals surface area contributed by atoms with E-state index >= 15 is 0 Å². The fourth-order valence-electron chi connectivity index (χ4n) is 2.38. The van der Waals surface area contributed by atoms with Crippen LogP contribution in [0, 0.1) is 0 Å². The van der Waals surface area contributed by atoms with Crippen molar-refractivity contribution in [1.82, 2.24) is 4.57 Å². The van der Waals surface area contributed by atoms with Crippen LogP contribution in [0.25, 0.3) is 0 Å². The summed E-state index contributed by atoms with van der Waals surface area (Å²) >= 11 is 0. The molecule has 98 valence electrons. The second-order valence-electron chi connectivity index (χ2n) is 4.72. The van der Waals surface area contributed by atoms with Crippen LogP contribution in [-0.2, 0) is 11.8 Å². The zero-order valence-corrected chi connectivity index (χ0v) is 11.0. The molecule has 18 heavy (non-hydrogen) atoms. The van der Waals surface area contributed by atoms with E-state index in [0.717, 1.165) is 5.69 Å². The van der Waals surface area contributed by atoms with Crippen LogP contribution in [0.3, 0.4) is 0 Å². The first-order valence-electron chi connectivity index (χ1n) is 5.78. The smallest absolute Gasteiger partial charge is 0.354 e. The highest BCUT2D eigenvalue weighted by molar-refractivity contribution is 6.05. The molecule has 0 spiro atoms. The van der Waals surface area contributed by atoms with Crippen molar-refractivity contribution in [3.8, 4) is 0 Å². The molecule has 6 heteroatoms. The number of aryl methyl sites for hydroxylation is 1. The molecule has 1 N–H and O–H groups in total. The molecule has 1 aliphatic heterocycles. The Morgan fingerprint density at radius 1 is 1.39 bits per heavy atom. The molecule has 1 aromatic heterocycles. The van der Waals surface area contributed by atoms with Crippen molar-refractivity contribution >= 4 is 23.3 Å². The van der Waals surface area contributed by atoms with Gasteiger partial charge in [-0.25, -0.2) is 4.79 Å². The van der Waals surface area contributed by atoms with Crippen LogP contribution in [0.2, 0.25) is 0 Å². The van der Waals surface area contributed by atoms with Crippen LogP contribution in [0.4, 0.5) is 11.4 Å². The van der Waals surface area contributed by atoms with Crippen molar-refractivity contribution in [2.24, 2.45) is 7.05 Å². The highest BCUT2D eigenvalue weighted by atomic mass is 16.4. The van der Waals surface area contributed by atoms with Crippen molar-refractivity contribution in [3.63, 3.8) is 0 Å². The van der Waals surface area contributed by atoms with E-state index in [-0.39, 0.29) is 17.6 Å². The summed E-state index contributed by atoms with van der Waals surface area (Å²) in [5, 5.41) is 9.28. The van der Waals surface area contributed by atoms with Gasteiger partial charge in [-0.2, -0.15) is 0 Å². The molecule has 0 saturated heterocycles. The van der Waals surface area contributed by atoms with E-state index in [4.69, 9.17) is 0 Å². The fraction of sp³-hybridized carbons (Fsp3) is 0.500. The number of anilines is 2. The standard InChI is InChI=1S/C12H17N3O3/c1-7-5-15(8(2)16)10-9(14(7)4)6-13(3)11(10)12(17)18/h6-7H,5H2,1-4H3,(H,17,18). The second kappa shape index (κ2) is 4.04. The Labute approximate surface area is 105 Å². The van der Waals surface area contributed by atoms with Crippen LogP contribution in [-0.4, -0.2) is 41.2 Å². The number of rotatable bonds is 1. The van der Waals surface area contributed by atoms with Crippen LogP contribution in [0.5, 0.6) is 0 Å². The molecule has 0 fully saturated rings. The Hall–Kier alpha value is -1.98. The van der Waals surface area contributed by atoms with Crippen molar-refractivity contribution in [2.75, 3.05) is 23.4 Å². The van der Waals surface area contributed by atoms with E-state index in [0.29, 0.717) is 12.2 Å². The van der Waals surface area contributed by atoms with E-state index in [2.05, 4.69) is 0 Å². The predicted molar refractivity (Wildman–Crippen MR) is 68.3 cm³/mol. The predicted octanol–water partition coefficient (Wildman–Crippen LogP) is 0.914. The maximum atomic E-state index is 11.7. The quantitative estimate of drug-likeness (QED) is 0.806. The molecule has 2 heterocycles. The van der Waals surface area contributed by atoms with Gasteiger partial charge < -0.3 is 19.5 Å². The van der Waals surface area contributed by atoms with E-state index < -0.39 is 5.97 Å². The maximum absolute atomic E-state index is 11.7. The first-order valence-corrected chi connectivity index (χ1v) is 5.78. The van der Waals surface area contributed by atoms with Gasteiger partial charge in [-0.15, -0.1) is 0 Å². The summed E-state index contributed by atoms with van der Waals surface area (Å²) in [7, 11) is 3.59. The van der Waals surface area contributed by atoms with E-state index in [1.165, 1.54) is 6.92 Å². The SMILES string of the molecule is CC(=O)N1CC(C)N(C)c2cn(C)c(C(=O)O)c21. The number of carbonyl (C=O) groups excluding carboxylic acids is 1. The molecule has 0 aliphatic carbocycles. The number of nitrogens with zero attached hydrogens (tertiary/aromatic N) is 3. The number of carboxylic acids is 1. The summed E-state index contributed by atoms with van der Waals surface area (Å²) in [6.45, 7) is 3.97. The van der Waals surface area contributed by atoms with Gasteiger partial charge in [0.1, 0.15) is 5.69 Å². The van der Waals surface area contributed by atoms with Gasteiger partial charge in [-0.3, -0.25) is 4.79 Å². The van der Waals surface area contributed by atoms with Gasteiger partial charge in [0, 0.05) is 39.8 Å². The zero-order chi connectivity index (χ0) is 13.6. The van der Waals surface area contributed by atoms with Crippen molar-refractivity contribution in [3.05, 3.63) is 11.9 Å². The molecule has 2 rings (SSSR count). The third kappa shape index (κ3) is 1.64. The fourth-order valence-corrected chi connectivity index (χ4v) is 2.38. The number of likely N-dealkylation sites (N-methyl/N-ethyl adjacent to an activating group) is 1. The van der Waals surface area contributed by atoms with Crippen molar-refractivity contribution in [1.29, 1.82) is 0 Å². The molecular formula is C12H17N3O3. The lowest BCUT2D eigenvalue weighted by molar-refractivity contribution is -0.116. The molecule has 0 aromatic carbocycles.